The van der Waals surface area contributed by atoms with Gasteiger partial charge >= 0.3 is 18.1 Å². The number of nitrogens with zero attached hydrogens (tertiary/aromatic N) is 2. The van der Waals surface area contributed by atoms with Crippen molar-refractivity contribution in [2.24, 2.45) is 0 Å². The Morgan fingerprint density at radius 2 is 1.92 bits per heavy atom. The highest BCUT2D eigenvalue weighted by Crippen LogP contribution is 2.46. The van der Waals surface area contributed by atoms with E-state index in [0.717, 1.165) is 5.69 Å². The third-order valence-corrected chi connectivity index (χ3v) is 6.33. The Balaban J connectivity index is 1.49. The van der Waals surface area contributed by atoms with Gasteiger partial charge in [0.25, 0.3) is 0 Å². The van der Waals surface area contributed by atoms with Gasteiger partial charge in [0, 0.05) is 35.0 Å². The second-order valence-corrected chi connectivity index (χ2v) is 8.90. The molecule has 11 heteroatoms. The molecule has 0 saturated carbocycles. The maximum atomic E-state index is 13.8. The summed E-state index contributed by atoms with van der Waals surface area (Å²) in [7, 11) is 0. The molecule has 3 heterocycles. The molecule has 5 rings (SSSR count). The van der Waals surface area contributed by atoms with Crippen molar-refractivity contribution >= 4 is 28.9 Å². The lowest BCUT2D eigenvalue weighted by molar-refractivity contribution is -0.171. The molecular weight excluding hydrogens is 503 g/mol. The van der Waals surface area contributed by atoms with Crippen LogP contribution in [-0.2, 0) is 14.3 Å². The van der Waals surface area contributed by atoms with Crippen molar-refractivity contribution in [3.05, 3.63) is 71.5 Å². The van der Waals surface area contributed by atoms with Gasteiger partial charge in [-0.15, -0.1) is 0 Å². The van der Waals surface area contributed by atoms with Gasteiger partial charge < -0.3 is 19.5 Å². The molecule has 2 aliphatic rings. The van der Waals surface area contributed by atoms with Gasteiger partial charge in [-0.25, -0.2) is 0 Å². The monoisotopic (exact) mass is 527 g/mol. The fourth-order valence-corrected chi connectivity index (χ4v) is 4.47. The van der Waals surface area contributed by atoms with Gasteiger partial charge in [-0.3, -0.25) is 19.5 Å². The number of aryl methyl sites for hydroxylation is 1. The Hall–Kier alpha value is -4.28. The largest absolute Gasteiger partial charge is 0.489 e. The molecule has 2 aliphatic heterocycles. The Kier molecular flexibility index (Phi) is 6.60. The number of hydrogen-bond donors (Lipinski definition) is 1. The first kappa shape index (κ1) is 25.4. The zero-order valence-electron chi connectivity index (χ0n) is 20.5. The number of carbonyl (C=O) groups excluding carboxylic acids is 2. The highest BCUT2D eigenvalue weighted by atomic mass is 19.4. The topological polar surface area (TPSA) is 90.0 Å². The molecule has 0 spiro atoms. The molecule has 0 fully saturated rings. The number of esters is 1. The summed E-state index contributed by atoms with van der Waals surface area (Å²) in [6.07, 6.45) is -3.99. The van der Waals surface area contributed by atoms with Gasteiger partial charge in [-0.2, -0.15) is 13.2 Å². The van der Waals surface area contributed by atoms with Gasteiger partial charge in [0.2, 0.25) is 0 Å². The molecule has 0 saturated heterocycles. The van der Waals surface area contributed by atoms with Crippen LogP contribution in [0.3, 0.4) is 0 Å². The molecule has 1 amide bonds. The van der Waals surface area contributed by atoms with Gasteiger partial charge in [0.15, 0.2) is 6.10 Å². The van der Waals surface area contributed by atoms with Crippen LogP contribution in [0.2, 0.25) is 0 Å². The molecule has 2 atom stereocenters. The van der Waals surface area contributed by atoms with Gasteiger partial charge in [0.05, 0.1) is 23.6 Å². The van der Waals surface area contributed by atoms with E-state index in [9.17, 15) is 22.8 Å². The highest BCUT2D eigenvalue weighted by molar-refractivity contribution is 5.98. The fraction of sp³-hybridized carbons (Fsp3) is 0.296. The second kappa shape index (κ2) is 9.88. The predicted molar refractivity (Wildman–Crippen MR) is 132 cm³/mol. The van der Waals surface area contributed by atoms with Crippen LogP contribution in [0.1, 0.15) is 42.3 Å². The smallest absolute Gasteiger partial charge is 0.471 e. The minimum Gasteiger partial charge on any atom is -0.489 e. The Morgan fingerprint density at radius 1 is 1.11 bits per heavy atom. The SMILES string of the molecule is CCC(=O)O[C@@H]1COc2cc(N(C(=O)C(F)(F)F)[C@@H]3COc4c(Nc5ccc(C)nc5)cccc43)ccc21. The van der Waals surface area contributed by atoms with Crippen LogP contribution >= 0.6 is 0 Å². The van der Waals surface area contributed by atoms with E-state index < -0.39 is 30.2 Å². The maximum Gasteiger partial charge on any atom is 0.471 e. The minimum absolute atomic E-state index is 0.0175. The van der Waals surface area contributed by atoms with E-state index in [0.29, 0.717) is 33.2 Å². The minimum atomic E-state index is -5.13. The number of benzene rings is 2. The van der Waals surface area contributed by atoms with E-state index in [4.69, 9.17) is 14.2 Å². The van der Waals surface area contributed by atoms with Crippen LogP contribution < -0.4 is 19.7 Å². The summed E-state index contributed by atoms with van der Waals surface area (Å²) in [5, 5.41) is 3.17. The first-order valence-electron chi connectivity index (χ1n) is 12.0. The summed E-state index contributed by atoms with van der Waals surface area (Å²) in [6, 6.07) is 11.9. The lowest BCUT2D eigenvalue weighted by Crippen LogP contribution is -2.44. The number of alkyl halides is 3. The second-order valence-electron chi connectivity index (χ2n) is 8.90. The van der Waals surface area contributed by atoms with E-state index in [1.165, 1.54) is 18.2 Å². The Morgan fingerprint density at radius 3 is 2.63 bits per heavy atom. The van der Waals surface area contributed by atoms with Crippen LogP contribution in [0.15, 0.2) is 54.7 Å². The number of carbonyl (C=O) groups is 2. The number of halogens is 3. The van der Waals surface area contributed by atoms with E-state index in [1.807, 2.05) is 19.1 Å². The molecule has 0 radical (unpaired) electrons. The van der Waals surface area contributed by atoms with Crippen LogP contribution in [0.25, 0.3) is 0 Å². The molecule has 0 aliphatic carbocycles. The van der Waals surface area contributed by atoms with Gasteiger partial charge in [-0.1, -0.05) is 19.1 Å². The van der Waals surface area contributed by atoms with Crippen LogP contribution in [0.5, 0.6) is 11.5 Å². The lowest BCUT2D eigenvalue weighted by Gasteiger charge is -2.29. The van der Waals surface area contributed by atoms with E-state index in [1.54, 1.807) is 31.3 Å². The van der Waals surface area contributed by atoms with Gasteiger partial charge in [0.1, 0.15) is 24.7 Å². The number of ether oxygens (including phenoxy) is 3. The van der Waals surface area contributed by atoms with Crippen LogP contribution in [0, 0.1) is 6.92 Å². The van der Waals surface area contributed by atoms with Crippen LogP contribution in [0.4, 0.5) is 30.2 Å². The predicted octanol–water partition coefficient (Wildman–Crippen LogP) is 5.55. The number of amides is 1. The zero-order valence-corrected chi connectivity index (χ0v) is 20.5. The molecule has 2 aromatic carbocycles. The third-order valence-electron chi connectivity index (χ3n) is 6.33. The van der Waals surface area contributed by atoms with Crippen molar-refractivity contribution < 1.29 is 37.0 Å². The quantitative estimate of drug-likeness (QED) is 0.421. The summed E-state index contributed by atoms with van der Waals surface area (Å²) in [6.45, 7) is 3.36. The first-order chi connectivity index (χ1) is 18.2. The average Bonchev–Trinajstić information content (AvgIpc) is 3.50. The standard InChI is InChI=1S/C27H24F3N3O5/c1-3-24(34)38-23-14-36-22-11-17(9-10-19(22)23)33(26(35)27(28,29)30)21-13-37-25-18(21)5-4-6-20(25)32-16-8-7-15(2)31-12-16/h4-12,21,23,32H,3,13-14H2,1-2H3/t21-,23-/m1/s1. The van der Waals surface area contributed by atoms with Gasteiger partial charge in [-0.05, 0) is 37.3 Å². The number of pyridine rings is 1. The zero-order chi connectivity index (χ0) is 27.0. The normalized spacial score (nSPS) is 17.6. The molecule has 38 heavy (non-hydrogen) atoms. The number of para-hydroxylation sites is 1. The molecule has 1 aromatic heterocycles. The van der Waals surface area contributed by atoms with Crippen molar-refractivity contribution in [3.8, 4) is 11.5 Å². The molecule has 0 bridgehead atoms. The lowest BCUT2D eigenvalue weighted by atomic mass is 10.0. The molecular formula is C27H24F3N3O5. The molecule has 1 N–H and O–H groups in total. The number of anilines is 3. The number of rotatable bonds is 6. The Labute approximate surface area is 216 Å². The fourth-order valence-electron chi connectivity index (χ4n) is 4.47. The third kappa shape index (κ3) is 4.83. The van der Waals surface area contributed by atoms with Crippen molar-refractivity contribution in [1.29, 1.82) is 0 Å². The summed E-state index contributed by atoms with van der Waals surface area (Å²) >= 11 is 0. The number of fused-ring (bicyclic) bond motifs is 2. The number of hydrogen-bond acceptors (Lipinski definition) is 7. The van der Waals surface area contributed by atoms with Crippen LogP contribution in [-0.4, -0.2) is 36.3 Å². The summed E-state index contributed by atoms with van der Waals surface area (Å²) in [4.78, 5) is 29.4. The molecule has 0 unspecified atom stereocenters. The van der Waals surface area contributed by atoms with Crippen molar-refractivity contribution in [3.63, 3.8) is 0 Å². The average molecular weight is 527 g/mol. The van der Waals surface area contributed by atoms with E-state index in [2.05, 4.69) is 10.3 Å². The maximum absolute atomic E-state index is 13.8. The van der Waals surface area contributed by atoms with E-state index >= 15 is 0 Å². The van der Waals surface area contributed by atoms with E-state index in [-0.39, 0.29) is 31.1 Å². The molecule has 8 nitrogen and oxygen atoms in total. The molecule has 3 aromatic rings. The summed E-state index contributed by atoms with van der Waals surface area (Å²) < 4.78 is 58.2. The van der Waals surface area contributed by atoms with Crippen molar-refractivity contribution in [1.82, 2.24) is 4.98 Å². The number of nitrogens with one attached hydrogen (secondary N) is 1. The van der Waals surface area contributed by atoms with Crippen molar-refractivity contribution in [2.45, 2.75) is 38.6 Å². The Bertz CT molecular complexity index is 1380. The number of aromatic nitrogens is 1. The first-order valence-corrected chi connectivity index (χ1v) is 12.0. The highest BCUT2D eigenvalue weighted by Gasteiger charge is 2.48. The van der Waals surface area contributed by atoms with Crippen molar-refractivity contribution in [2.75, 3.05) is 23.4 Å². The summed E-state index contributed by atoms with van der Waals surface area (Å²) in [5.74, 6) is -1.86. The molecule has 198 valence electrons. The summed E-state index contributed by atoms with van der Waals surface area (Å²) in [5.41, 5.74) is 2.97.